The van der Waals surface area contributed by atoms with Crippen molar-refractivity contribution >= 4 is 0 Å². The zero-order valence-electron chi connectivity index (χ0n) is 4.76. The SMILES string of the molecule is ONC[C@H]1CCCO1. The van der Waals surface area contributed by atoms with Gasteiger partial charge in [0.1, 0.15) is 0 Å². The molecule has 0 spiro atoms. The lowest BCUT2D eigenvalue weighted by molar-refractivity contribution is 0.0645. The lowest BCUT2D eigenvalue weighted by Gasteiger charge is -2.04. The van der Waals surface area contributed by atoms with Crippen molar-refractivity contribution in [2.45, 2.75) is 18.9 Å². The predicted octanol–water partition coefficient (Wildman–Crippen LogP) is 0.144. The molecule has 1 aliphatic rings. The van der Waals surface area contributed by atoms with Crippen LogP contribution in [-0.4, -0.2) is 24.5 Å². The van der Waals surface area contributed by atoms with E-state index in [1.54, 1.807) is 0 Å². The van der Waals surface area contributed by atoms with E-state index in [4.69, 9.17) is 9.94 Å². The molecule has 1 heterocycles. The van der Waals surface area contributed by atoms with Crippen LogP contribution in [0.1, 0.15) is 12.8 Å². The highest BCUT2D eigenvalue weighted by Crippen LogP contribution is 2.09. The minimum Gasteiger partial charge on any atom is -0.377 e. The molecule has 1 fully saturated rings. The molecule has 3 heteroatoms. The van der Waals surface area contributed by atoms with Crippen LogP contribution in [-0.2, 0) is 4.74 Å². The van der Waals surface area contributed by atoms with Gasteiger partial charge in [-0.15, -0.1) is 0 Å². The quantitative estimate of drug-likeness (QED) is 0.506. The summed E-state index contributed by atoms with van der Waals surface area (Å²) in [7, 11) is 0. The third-order valence-electron chi connectivity index (χ3n) is 1.34. The van der Waals surface area contributed by atoms with Crippen molar-refractivity contribution in [1.29, 1.82) is 0 Å². The Kier molecular flexibility index (Phi) is 2.27. The fourth-order valence-electron chi connectivity index (χ4n) is 0.907. The van der Waals surface area contributed by atoms with Crippen molar-refractivity contribution in [3.63, 3.8) is 0 Å². The molecular weight excluding hydrogens is 106 g/mol. The maximum atomic E-state index is 8.20. The second-order valence-corrected chi connectivity index (χ2v) is 2.00. The summed E-state index contributed by atoms with van der Waals surface area (Å²) in [5, 5.41) is 8.20. The summed E-state index contributed by atoms with van der Waals surface area (Å²) >= 11 is 0. The molecule has 1 saturated heterocycles. The fourth-order valence-corrected chi connectivity index (χ4v) is 0.907. The molecule has 1 atom stereocenters. The molecule has 1 aliphatic heterocycles. The summed E-state index contributed by atoms with van der Waals surface area (Å²) < 4.78 is 5.17. The molecule has 0 unspecified atom stereocenters. The second-order valence-electron chi connectivity index (χ2n) is 2.00. The van der Waals surface area contributed by atoms with Gasteiger partial charge < -0.3 is 9.94 Å². The Balaban J connectivity index is 2.06. The Bertz CT molecular complexity index is 61.4. The maximum Gasteiger partial charge on any atom is 0.0723 e. The second kappa shape index (κ2) is 3.02. The van der Waals surface area contributed by atoms with E-state index in [2.05, 4.69) is 5.48 Å². The van der Waals surface area contributed by atoms with E-state index in [9.17, 15) is 0 Å². The van der Waals surface area contributed by atoms with E-state index in [1.165, 1.54) is 0 Å². The molecule has 0 amide bonds. The van der Waals surface area contributed by atoms with Crippen LogP contribution in [0.25, 0.3) is 0 Å². The zero-order chi connectivity index (χ0) is 5.82. The molecule has 8 heavy (non-hydrogen) atoms. The van der Waals surface area contributed by atoms with Crippen LogP contribution in [0.3, 0.4) is 0 Å². The molecule has 3 nitrogen and oxygen atoms in total. The average molecular weight is 117 g/mol. The normalized spacial score (nSPS) is 28.9. The third kappa shape index (κ3) is 1.43. The summed E-state index contributed by atoms with van der Waals surface area (Å²) in [4.78, 5) is 0. The Labute approximate surface area is 48.6 Å². The van der Waals surface area contributed by atoms with Gasteiger partial charge in [0, 0.05) is 13.2 Å². The first-order valence-corrected chi connectivity index (χ1v) is 2.92. The van der Waals surface area contributed by atoms with Gasteiger partial charge in [-0.2, -0.15) is 0 Å². The predicted molar refractivity (Wildman–Crippen MR) is 28.8 cm³/mol. The Morgan fingerprint density at radius 3 is 3.12 bits per heavy atom. The smallest absolute Gasteiger partial charge is 0.0723 e. The van der Waals surface area contributed by atoms with Crippen molar-refractivity contribution in [2.75, 3.05) is 13.2 Å². The number of hydrogen-bond acceptors (Lipinski definition) is 3. The first kappa shape index (κ1) is 6.01. The number of hydrogen-bond donors (Lipinski definition) is 2. The topological polar surface area (TPSA) is 41.5 Å². The van der Waals surface area contributed by atoms with Crippen molar-refractivity contribution in [2.24, 2.45) is 0 Å². The zero-order valence-corrected chi connectivity index (χ0v) is 4.76. The van der Waals surface area contributed by atoms with E-state index >= 15 is 0 Å². The summed E-state index contributed by atoms with van der Waals surface area (Å²) in [6, 6.07) is 0. The van der Waals surface area contributed by atoms with E-state index in [-0.39, 0.29) is 6.10 Å². The molecule has 0 aliphatic carbocycles. The standard InChI is InChI=1S/C5H11NO2/c7-6-4-5-2-1-3-8-5/h5-7H,1-4H2/t5-/m1/s1. The van der Waals surface area contributed by atoms with Gasteiger partial charge in [0.15, 0.2) is 0 Å². The number of nitrogens with one attached hydrogen (secondary N) is 1. The molecule has 0 aromatic heterocycles. The van der Waals surface area contributed by atoms with Crippen LogP contribution < -0.4 is 5.48 Å². The van der Waals surface area contributed by atoms with Gasteiger partial charge in [-0.3, -0.25) is 0 Å². The Hall–Kier alpha value is -0.120. The molecule has 0 bridgehead atoms. The van der Waals surface area contributed by atoms with Gasteiger partial charge in [0.25, 0.3) is 0 Å². The minimum atomic E-state index is 0.250. The minimum absolute atomic E-state index is 0.250. The number of rotatable bonds is 2. The van der Waals surface area contributed by atoms with Crippen LogP contribution in [0.2, 0.25) is 0 Å². The highest BCUT2D eigenvalue weighted by atomic mass is 16.5. The van der Waals surface area contributed by atoms with Crippen molar-refractivity contribution in [3.8, 4) is 0 Å². The molecule has 48 valence electrons. The highest BCUT2D eigenvalue weighted by molar-refractivity contribution is 4.64. The van der Waals surface area contributed by atoms with E-state index in [0.29, 0.717) is 6.54 Å². The molecule has 0 radical (unpaired) electrons. The Morgan fingerprint density at radius 1 is 1.75 bits per heavy atom. The van der Waals surface area contributed by atoms with Gasteiger partial charge in [0.2, 0.25) is 0 Å². The lowest BCUT2D eigenvalue weighted by Crippen LogP contribution is -2.22. The van der Waals surface area contributed by atoms with Crippen molar-refractivity contribution in [3.05, 3.63) is 0 Å². The van der Waals surface area contributed by atoms with Gasteiger partial charge in [-0.05, 0) is 12.8 Å². The largest absolute Gasteiger partial charge is 0.377 e. The van der Waals surface area contributed by atoms with Crippen LogP contribution in [0, 0.1) is 0 Å². The van der Waals surface area contributed by atoms with E-state index in [0.717, 1.165) is 19.4 Å². The van der Waals surface area contributed by atoms with Crippen LogP contribution in [0.5, 0.6) is 0 Å². The molecule has 1 rings (SSSR count). The molecule has 0 aromatic rings. The Morgan fingerprint density at radius 2 is 2.62 bits per heavy atom. The van der Waals surface area contributed by atoms with Gasteiger partial charge >= 0.3 is 0 Å². The van der Waals surface area contributed by atoms with Crippen molar-refractivity contribution < 1.29 is 9.94 Å². The number of hydroxylamine groups is 1. The van der Waals surface area contributed by atoms with Crippen LogP contribution >= 0.6 is 0 Å². The lowest BCUT2D eigenvalue weighted by atomic mass is 10.2. The first-order chi connectivity index (χ1) is 3.93. The van der Waals surface area contributed by atoms with Gasteiger partial charge in [-0.25, -0.2) is 5.48 Å². The van der Waals surface area contributed by atoms with Gasteiger partial charge in [-0.1, -0.05) is 0 Å². The summed E-state index contributed by atoms with van der Waals surface area (Å²) in [6.07, 6.45) is 2.46. The monoisotopic (exact) mass is 117 g/mol. The summed E-state index contributed by atoms with van der Waals surface area (Å²) in [6.45, 7) is 1.42. The van der Waals surface area contributed by atoms with E-state index < -0.39 is 0 Å². The fraction of sp³-hybridized carbons (Fsp3) is 1.00. The highest BCUT2D eigenvalue weighted by Gasteiger charge is 2.13. The molecule has 0 aromatic carbocycles. The summed E-state index contributed by atoms with van der Waals surface area (Å²) in [5.41, 5.74) is 2.08. The molecular formula is C5H11NO2. The third-order valence-corrected chi connectivity index (χ3v) is 1.34. The average Bonchev–Trinajstić information content (AvgIpc) is 2.19. The molecule has 0 saturated carbocycles. The molecule has 2 N–H and O–H groups in total. The summed E-state index contributed by atoms with van der Waals surface area (Å²) in [5.74, 6) is 0. The van der Waals surface area contributed by atoms with E-state index in [1.807, 2.05) is 0 Å². The van der Waals surface area contributed by atoms with Crippen LogP contribution in [0.4, 0.5) is 0 Å². The van der Waals surface area contributed by atoms with Gasteiger partial charge in [0.05, 0.1) is 6.10 Å². The number of ether oxygens (including phenoxy) is 1. The van der Waals surface area contributed by atoms with Crippen LogP contribution in [0.15, 0.2) is 0 Å². The maximum absolute atomic E-state index is 8.20. The van der Waals surface area contributed by atoms with Crippen molar-refractivity contribution in [1.82, 2.24) is 5.48 Å². The first-order valence-electron chi connectivity index (χ1n) is 2.92.